The number of fused-ring (bicyclic) bond motifs is 1. The van der Waals surface area contributed by atoms with Gasteiger partial charge in [0.1, 0.15) is 5.75 Å². The summed E-state index contributed by atoms with van der Waals surface area (Å²) in [5.41, 5.74) is 5.17. The second-order valence-electron chi connectivity index (χ2n) is 9.46. The summed E-state index contributed by atoms with van der Waals surface area (Å²) in [5.74, 6) is 1.06. The molecule has 5 rings (SSSR count). The summed E-state index contributed by atoms with van der Waals surface area (Å²) in [5, 5.41) is 17.5. The number of hydrogen-bond acceptors (Lipinski definition) is 6. The SMILES string of the molecule is COc1cc(C2Nc3ccccc3NC3=C2C(=O)CC(c2ccc(OC(C)C)cc2)C3)cc(Cl)c1O. The van der Waals surface area contributed by atoms with E-state index in [1.807, 2.05) is 62.4 Å². The number of rotatable bonds is 5. The molecule has 2 atom stereocenters. The van der Waals surface area contributed by atoms with Gasteiger partial charge in [0.15, 0.2) is 17.3 Å². The number of halogens is 1. The number of benzene rings is 3. The molecule has 0 radical (unpaired) electrons. The molecular weight excluding hydrogens is 476 g/mol. The lowest BCUT2D eigenvalue weighted by Crippen LogP contribution is -2.27. The van der Waals surface area contributed by atoms with Gasteiger partial charge in [-0.3, -0.25) is 4.79 Å². The minimum Gasteiger partial charge on any atom is -0.503 e. The number of Topliss-reactive ketones (excluding diaryl/α,β-unsaturated/α-hetero) is 1. The molecule has 0 bridgehead atoms. The summed E-state index contributed by atoms with van der Waals surface area (Å²) >= 11 is 6.33. The van der Waals surface area contributed by atoms with Crippen molar-refractivity contribution in [2.24, 2.45) is 0 Å². The Morgan fingerprint density at radius 1 is 1.00 bits per heavy atom. The minimum atomic E-state index is -0.460. The van der Waals surface area contributed by atoms with Gasteiger partial charge in [0.2, 0.25) is 0 Å². The Bertz CT molecular complexity index is 1330. The number of allylic oxidation sites excluding steroid dienone is 1. The molecule has 3 aromatic carbocycles. The molecule has 3 N–H and O–H groups in total. The number of carbonyl (C=O) groups excluding carboxylic acids is 1. The van der Waals surface area contributed by atoms with Crippen molar-refractivity contribution in [3.63, 3.8) is 0 Å². The molecule has 7 heteroatoms. The Morgan fingerprint density at radius 2 is 1.72 bits per heavy atom. The van der Waals surface area contributed by atoms with Crippen LogP contribution in [0, 0.1) is 0 Å². The molecular formula is C29H29ClN2O4. The highest BCUT2D eigenvalue weighted by molar-refractivity contribution is 6.32. The number of anilines is 2. The van der Waals surface area contributed by atoms with Crippen molar-refractivity contribution in [3.8, 4) is 17.2 Å². The molecule has 0 saturated carbocycles. The fraction of sp³-hybridized carbons (Fsp3) is 0.276. The van der Waals surface area contributed by atoms with Gasteiger partial charge in [-0.2, -0.15) is 0 Å². The number of ketones is 1. The Morgan fingerprint density at radius 3 is 2.42 bits per heavy atom. The molecule has 2 aliphatic rings. The van der Waals surface area contributed by atoms with E-state index in [-0.39, 0.29) is 34.3 Å². The summed E-state index contributed by atoms with van der Waals surface area (Å²) in [4.78, 5) is 13.7. The zero-order valence-corrected chi connectivity index (χ0v) is 21.2. The first kappa shape index (κ1) is 24.1. The van der Waals surface area contributed by atoms with Gasteiger partial charge in [-0.25, -0.2) is 0 Å². The van der Waals surface area contributed by atoms with Crippen LogP contribution < -0.4 is 20.1 Å². The summed E-state index contributed by atoms with van der Waals surface area (Å²) in [6.45, 7) is 4.00. The van der Waals surface area contributed by atoms with Gasteiger partial charge in [0.25, 0.3) is 0 Å². The van der Waals surface area contributed by atoms with Gasteiger partial charge in [0, 0.05) is 17.7 Å². The van der Waals surface area contributed by atoms with Gasteiger partial charge >= 0.3 is 0 Å². The van der Waals surface area contributed by atoms with Gasteiger partial charge < -0.3 is 25.2 Å². The number of phenols is 1. The van der Waals surface area contributed by atoms with E-state index in [1.54, 1.807) is 12.1 Å². The molecule has 0 aromatic heterocycles. The molecule has 1 aliphatic carbocycles. The van der Waals surface area contributed by atoms with Crippen LogP contribution in [0.15, 0.2) is 71.9 Å². The Balaban J connectivity index is 1.56. The summed E-state index contributed by atoms with van der Waals surface area (Å²) in [7, 11) is 1.48. The third kappa shape index (κ3) is 4.61. The number of aromatic hydroxyl groups is 1. The Hall–Kier alpha value is -3.64. The first-order chi connectivity index (χ1) is 17.3. The summed E-state index contributed by atoms with van der Waals surface area (Å²) < 4.78 is 11.1. The summed E-state index contributed by atoms with van der Waals surface area (Å²) in [6, 6.07) is 18.9. The Labute approximate surface area is 215 Å². The second kappa shape index (κ2) is 9.78. The standard InChI is InChI=1S/C29H29ClN2O4/c1-16(2)36-20-10-8-17(9-11-20)18-13-24-27(25(33)14-18)28(32-23-7-5-4-6-22(23)31-24)19-12-21(30)29(34)26(15-19)35-3/h4-12,15-16,18,28,31-32,34H,13-14H2,1-3H3. The normalized spacial score (nSPS) is 19.1. The smallest absolute Gasteiger partial charge is 0.176 e. The van der Waals surface area contributed by atoms with E-state index >= 15 is 0 Å². The molecule has 36 heavy (non-hydrogen) atoms. The van der Waals surface area contributed by atoms with Crippen molar-refractivity contribution in [1.29, 1.82) is 0 Å². The van der Waals surface area contributed by atoms with Crippen molar-refractivity contribution >= 4 is 28.8 Å². The topological polar surface area (TPSA) is 79.8 Å². The number of phenolic OH excluding ortho intramolecular Hbond substituents is 1. The number of nitrogens with one attached hydrogen (secondary N) is 2. The maximum Gasteiger partial charge on any atom is 0.176 e. The van der Waals surface area contributed by atoms with Gasteiger partial charge in [-0.1, -0.05) is 35.9 Å². The first-order valence-corrected chi connectivity index (χ1v) is 12.4. The predicted molar refractivity (Wildman–Crippen MR) is 142 cm³/mol. The highest BCUT2D eigenvalue weighted by Crippen LogP contribution is 2.46. The van der Waals surface area contributed by atoms with Gasteiger partial charge in [0.05, 0.1) is 35.7 Å². The maximum atomic E-state index is 13.7. The van der Waals surface area contributed by atoms with Gasteiger partial charge in [-0.05, 0) is 73.7 Å². The van der Waals surface area contributed by atoms with Crippen molar-refractivity contribution in [2.45, 2.75) is 44.8 Å². The van der Waals surface area contributed by atoms with Crippen molar-refractivity contribution < 1.29 is 19.4 Å². The number of para-hydroxylation sites is 2. The second-order valence-corrected chi connectivity index (χ2v) is 9.86. The molecule has 3 aromatic rings. The average Bonchev–Trinajstić information content (AvgIpc) is 3.02. The van der Waals surface area contributed by atoms with E-state index in [1.165, 1.54) is 7.11 Å². The average molecular weight is 505 g/mol. The quantitative estimate of drug-likeness (QED) is 0.354. The van der Waals surface area contributed by atoms with Crippen molar-refractivity contribution in [3.05, 3.63) is 88.1 Å². The van der Waals surface area contributed by atoms with Crippen LogP contribution in [0.25, 0.3) is 0 Å². The lowest BCUT2D eigenvalue weighted by atomic mass is 9.78. The fourth-order valence-corrected chi connectivity index (χ4v) is 5.20. The maximum absolute atomic E-state index is 13.7. The highest BCUT2D eigenvalue weighted by atomic mass is 35.5. The van der Waals surface area contributed by atoms with E-state index in [9.17, 15) is 9.90 Å². The Kier molecular flexibility index (Phi) is 6.54. The predicted octanol–water partition coefficient (Wildman–Crippen LogP) is 6.82. The van der Waals surface area contributed by atoms with E-state index in [0.29, 0.717) is 18.4 Å². The lowest BCUT2D eigenvalue weighted by Gasteiger charge is -2.30. The largest absolute Gasteiger partial charge is 0.503 e. The molecule has 2 unspecified atom stereocenters. The van der Waals surface area contributed by atoms with Crippen LogP contribution in [-0.2, 0) is 4.79 Å². The van der Waals surface area contributed by atoms with Crippen LogP contribution in [0.3, 0.4) is 0 Å². The summed E-state index contributed by atoms with van der Waals surface area (Å²) in [6.07, 6.45) is 1.18. The molecule has 6 nitrogen and oxygen atoms in total. The minimum absolute atomic E-state index is 0.0423. The van der Waals surface area contributed by atoms with Crippen molar-refractivity contribution in [2.75, 3.05) is 17.7 Å². The number of carbonyl (C=O) groups is 1. The van der Waals surface area contributed by atoms with Crippen LogP contribution in [0.1, 0.15) is 49.8 Å². The zero-order valence-electron chi connectivity index (χ0n) is 20.5. The lowest BCUT2D eigenvalue weighted by molar-refractivity contribution is -0.116. The third-order valence-electron chi connectivity index (χ3n) is 6.64. The van der Waals surface area contributed by atoms with Crippen LogP contribution in [0.5, 0.6) is 17.2 Å². The molecule has 0 spiro atoms. The number of hydrogen-bond donors (Lipinski definition) is 3. The van der Waals surface area contributed by atoms with Crippen LogP contribution in [-0.4, -0.2) is 24.1 Å². The van der Waals surface area contributed by atoms with Gasteiger partial charge in [-0.15, -0.1) is 0 Å². The number of ether oxygens (including phenoxy) is 2. The fourth-order valence-electron chi connectivity index (χ4n) is 4.98. The third-order valence-corrected chi connectivity index (χ3v) is 6.92. The van der Waals surface area contributed by atoms with E-state index < -0.39 is 6.04 Å². The van der Waals surface area contributed by atoms with E-state index in [0.717, 1.165) is 33.9 Å². The van der Waals surface area contributed by atoms with Crippen LogP contribution in [0.4, 0.5) is 11.4 Å². The first-order valence-electron chi connectivity index (χ1n) is 12.1. The van der Waals surface area contributed by atoms with E-state index in [2.05, 4.69) is 10.6 Å². The van der Waals surface area contributed by atoms with Crippen LogP contribution in [0.2, 0.25) is 5.02 Å². The molecule has 1 heterocycles. The van der Waals surface area contributed by atoms with Crippen LogP contribution >= 0.6 is 11.6 Å². The van der Waals surface area contributed by atoms with E-state index in [4.69, 9.17) is 21.1 Å². The molecule has 1 aliphatic heterocycles. The highest BCUT2D eigenvalue weighted by Gasteiger charge is 2.36. The molecule has 0 fully saturated rings. The monoisotopic (exact) mass is 504 g/mol. The number of methoxy groups -OCH3 is 1. The molecule has 0 amide bonds. The zero-order chi connectivity index (χ0) is 25.4. The molecule has 186 valence electrons. The molecule has 0 saturated heterocycles. The van der Waals surface area contributed by atoms with Crippen molar-refractivity contribution in [1.82, 2.24) is 0 Å².